The van der Waals surface area contributed by atoms with Crippen LogP contribution in [0.5, 0.6) is 11.6 Å². The lowest BCUT2D eigenvalue weighted by Crippen LogP contribution is -2.12. The minimum Gasteiger partial charge on any atom is -0.439 e. The highest BCUT2D eigenvalue weighted by atomic mass is 16.5. The molecule has 0 aliphatic heterocycles. The summed E-state index contributed by atoms with van der Waals surface area (Å²) in [6, 6.07) is 27.2. The summed E-state index contributed by atoms with van der Waals surface area (Å²) in [5.41, 5.74) is 8.84. The van der Waals surface area contributed by atoms with Gasteiger partial charge in [-0.2, -0.15) is 0 Å². The zero-order valence-electron chi connectivity index (χ0n) is 16.5. The van der Waals surface area contributed by atoms with E-state index in [0.29, 0.717) is 28.4 Å². The number of hydrogen-bond acceptors (Lipinski definition) is 4. The van der Waals surface area contributed by atoms with Gasteiger partial charge >= 0.3 is 0 Å². The zero-order valence-corrected chi connectivity index (χ0v) is 16.5. The number of amides is 2. The van der Waals surface area contributed by atoms with Crippen molar-refractivity contribution in [3.05, 3.63) is 108 Å². The minimum atomic E-state index is -0.534. The Morgan fingerprint density at radius 1 is 0.774 bits per heavy atom. The standard InChI is InChI=1S/C25H19N3O3/c26-24(29)20-7-4-8-22(15-20)31-23-14-13-21(16-27-23)28-25(30)19-11-9-18(10-12-19)17-5-2-1-3-6-17/h1-16H,(H2,26,29)(H,28,30). The van der Waals surface area contributed by atoms with Crippen molar-refractivity contribution in [1.29, 1.82) is 0 Å². The Kier molecular flexibility index (Phi) is 5.71. The molecule has 0 saturated carbocycles. The van der Waals surface area contributed by atoms with E-state index in [2.05, 4.69) is 10.3 Å². The van der Waals surface area contributed by atoms with Crippen molar-refractivity contribution < 1.29 is 14.3 Å². The van der Waals surface area contributed by atoms with Gasteiger partial charge in [0, 0.05) is 17.2 Å². The van der Waals surface area contributed by atoms with Gasteiger partial charge in [0.25, 0.3) is 5.91 Å². The van der Waals surface area contributed by atoms with E-state index < -0.39 is 5.91 Å². The van der Waals surface area contributed by atoms with Crippen molar-refractivity contribution in [3.8, 4) is 22.8 Å². The van der Waals surface area contributed by atoms with Gasteiger partial charge in [-0.25, -0.2) is 4.98 Å². The van der Waals surface area contributed by atoms with Gasteiger partial charge in [-0.1, -0.05) is 48.5 Å². The molecule has 0 aliphatic carbocycles. The molecule has 31 heavy (non-hydrogen) atoms. The number of aromatic nitrogens is 1. The van der Waals surface area contributed by atoms with Crippen LogP contribution in [-0.2, 0) is 0 Å². The average Bonchev–Trinajstić information content (AvgIpc) is 2.81. The summed E-state index contributed by atoms with van der Waals surface area (Å²) < 4.78 is 5.64. The van der Waals surface area contributed by atoms with E-state index in [0.717, 1.165) is 11.1 Å². The molecule has 0 unspecified atom stereocenters. The first-order valence-corrected chi connectivity index (χ1v) is 9.59. The summed E-state index contributed by atoms with van der Waals surface area (Å²) in [6.07, 6.45) is 1.50. The van der Waals surface area contributed by atoms with Crippen molar-refractivity contribution in [1.82, 2.24) is 4.98 Å². The number of carbonyl (C=O) groups excluding carboxylic acids is 2. The van der Waals surface area contributed by atoms with Crippen LogP contribution in [0.3, 0.4) is 0 Å². The van der Waals surface area contributed by atoms with Crippen LogP contribution in [0.2, 0.25) is 0 Å². The maximum Gasteiger partial charge on any atom is 0.255 e. The molecule has 1 aromatic heterocycles. The molecular formula is C25H19N3O3. The van der Waals surface area contributed by atoms with Crippen LogP contribution in [0.1, 0.15) is 20.7 Å². The maximum absolute atomic E-state index is 12.5. The number of carbonyl (C=O) groups is 2. The van der Waals surface area contributed by atoms with Gasteiger partial charge in [0.1, 0.15) is 5.75 Å². The highest BCUT2D eigenvalue weighted by Crippen LogP contribution is 2.22. The molecule has 0 fully saturated rings. The SMILES string of the molecule is NC(=O)c1cccc(Oc2ccc(NC(=O)c3ccc(-c4ccccc4)cc3)cn2)c1. The average molecular weight is 409 g/mol. The second kappa shape index (κ2) is 8.92. The van der Waals surface area contributed by atoms with E-state index in [1.165, 1.54) is 6.20 Å². The van der Waals surface area contributed by atoms with Gasteiger partial charge in [-0.15, -0.1) is 0 Å². The van der Waals surface area contributed by atoms with Crippen LogP contribution in [0.25, 0.3) is 11.1 Å². The molecular weight excluding hydrogens is 390 g/mol. The quantitative estimate of drug-likeness (QED) is 0.474. The minimum absolute atomic E-state index is 0.232. The Balaban J connectivity index is 1.40. The van der Waals surface area contributed by atoms with Crippen LogP contribution in [0, 0.1) is 0 Å². The number of nitrogens with zero attached hydrogens (tertiary/aromatic N) is 1. The number of primary amides is 1. The van der Waals surface area contributed by atoms with Crippen molar-refractivity contribution in [2.45, 2.75) is 0 Å². The fourth-order valence-corrected chi connectivity index (χ4v) is 3.00. The molecule has 0 bridgehead atoms. The number of rotatable bonds is 6. The van der Waals surface area contributed by atoms with Gasteiger partial charge in [-0.3, -0.25) is 9.59 Å². The Labute approximate surface area is 179 Å². The molecule has 3 N–H and O–H groups in total. The largest absolute Gasteiger partial charge is 0.439 e. The number of hydrogen-bond donors (Lipinski definition) is 2. The first kappa shape index (κ1) is 19.8. The number of pyridine rings is 1. The number of benzene rings is 3. The lowest BCUT2D eigenvalue weighted by molar-refractivity contribution is 0.0997. The first-order valence-electron chi connectivity index (χ1n) is 9.59. The summed E-state index contributed by atoms with van der Waals surface area (Å²) >= 11 is 0. The lowest BCUT2D eigenvalue weighted by atomic mass is 10.0. The van der Waals surface area contributed by atoms with Crippen LogP contribution in [0.4, 0.5) is 5.69 Å². The van der Waals surface area contributed by atoms with E-state index in [4.69, 9.17) is 10.5 Å². The summed E-state index contributed by atoms with van der Waals surface area (Å²) in [6.45, 7) is 0. The molecule has 2 amide bonds. The van der Waals surface area contributed by atoms with Crippen LogP contribution < -0.4 is 15.8 Å². The zero-order chi connectivity index (χ0) is 21.6. The van der Waals surface area contributed by atoms with Gasteiger partial charge in [0.05, 0.1) is 11.9 Å². The van der Waals surface area contributed by atoms with E-state index >= 15 is 0 Å². The summed E-state index contributed by atoms with van der Waals surface area (Å²) in [7, 11) is 0. The summed E-state index contributed by atoms with van der Waals surface area (Å²) in [4.78, 5) is 28.0. The molecule has 6 nitrogen and oxygen atoms in total. The van der Waals surface area contributed by atoms with Crippen LogP contribution in [0.15, 0.2) is 97.2 Å². The Morgan fingerprint density at radius 3 is 2.19 bits per heavy atom. The molecule has 0 aliphatic rings. The normalized spacial score (nSPS) is 10.3. The number of anilines is 1. The Hall–Kier alpha value is -4.45. The molecule has 1 heterocycles. The molecule has 6 heteroatoms. The smallest absolute Gasteiger partial charge is 0.255 e. The third-order valence-corrected chi connectivity index (χ3v) is 4.59. The Morgan fingerprint density at radius 2 is 1.52 bits per heavy atom. The summed E-state index contributed by atoms with van der Waals surface area (Å²) in [5.74, 6) is 0.00318. The molecule has 4 rings (SSSR count). The van der Waals surface area contributed by atoms with Gasteiger partial charge in [-0.05, 0) is 47.5 Å². The topological polar surface area (TPSA) is 94.3 Å². The highest BCUT2D eigenvalue weighted by molar-refractivity contribution is 6.04. The third-order valence-electron chi connectivity index (χ3n) is 4.59. The van der Waals surface area contributed by atoms with E-state index in [-0.39, 0.29) is 5.91 Å². The predicted molar refractivity (Wildman–Crippen MR) is 119 cm³/mol. The number of ether oxygens (including phenoxy) is 1. The maximum atomic E-state index is 12.5. The van der Waals surface area contributed by atoms with Gasteiger partial charge in [0.2, 0.25) is 11.8 Å². The Bertz CT molecular complexity index is 1200. The monoisotopic (exact) mass is 409 g/mol. The molecule has 0 spiro atoms. The molecule has 0 atom stereocenters. The molecule has 0 radical (unpaired) electrons. The molecule has 152 valence electrons. The lowest BCUT2D eigenvalue weighted by Gasteiger charge is -2.08. The molecule has 4 aromatic rings. The van der Waals surface area contributed by atoms with E-state index in [1.807, 2.05) is 42.5 Å². The third kappa shape index (κ3) is 4.94. The molecule has 3 aromatic carbocycles. The molecule has 0 saturated heterocycles. The number of nitrogens with two attached hydrogens (primary N) is 1. The van der Waals surface area contributed by atoms with Crippen LogP contribution >= 0.6 is 0 Å². The van der Waals surface area contributed by atoms with Crippen molar-refractivity contribution >= 4 is 17.5 Å². The van der Waals surface area contributed by atoms with Crippen LogP contribution in [-0.4, -0.2) is 16.8 Å². The van der Waals surface area contributed by atoms with Gasteiger partial charge < -0.3 is 15.8 Å². The van der Waals surface area contributed by atoms with Gasteiger partial charge in [0.15, 0.2) is 0 Å². The van der Waals surface area contributed by atoms with E-state index in [9.17, 15) is 9.59 Å². The van der Waals surface area contributed by atoms with E-state index in [1.54, 1.807) is 48.5 Å². The summed E-state index contributed by atoms with van der Waals surface area (Å²) in [5, 5.41) is 2.81. The number of nitrogens with one attached hydrogen (secondary N) is 1. The highest BCUT2D eigenvalue weighted by Gasteiger charge is 2.08. The fourth-order valence-electron chi connectivity index (χ4n) is 3.00. The van der Waals surface area contributed by atoms with Crippen molar-refractivity contribution in [2.24, 2.45) is 5.73 Å². The second-order valence-corrected chi connectivity index (χ2v) is 6.78. The predicted octanol–water partition coefficient (Wildman–Crippen LogP) is 4.89. The fraction of sp³-hybridized carbons (Fsp3) is 0. The van der Waals surface area contributed by atoms with Crippen molar-refractivity contribution in [2.75, 3.05) is 5.32 Å². The first-order chi connectivity index (χ1) is 15.1. The second-order valence-electron chi connectivity index (χ2n) is 6.78. The van der Waals surface area contributed by atoms with Crippen molar-refractivity contribution in [3.63, 3.8) is 0 Å².